The first kappa shape index (κ1) is 28.6. The number of rotatable bonds is 5. The van der Waals surface area contributed by atoms with Gasteiger partial charge in [0.2, 0.25) is 5.71 Å². The number of pyridine rings is 2. The fourth-order valence-electron chi connectivity index (χ4n) is 5.67. The summed E-state index contributed by atoms with van der Waals surface area (Å²) in [5, 5.41) is 2.07. The second-order valence-corrected chi connectivity index (χ2v) is 23.1. The standard InChI is InChI=1S/C21H16N3O.C18H24GeN.Ir/c1-3-24-18-10-5-4-9-17(18)23-20(24)16-8-6-7-14-15-12-11-13(2)22-21(15)25-19(14)16;1-13(2)16-11-18(15-9-7-14(3)8-10-15)20-12-17(16)19(4,5)6;/h4-7,9-12H,3H2,1-2H3;7-9,11-13H,1-6H3;/q2*-1;/i;3D3,13D;. The molecule has 4 heterocycles. The minimum Gasteiger partial charge on any atom is 0 e. The summed E-state index contributed by atoms with van der Waals surface area (Å²) >= 11 is -2.14. The molecule has 0 bridgehead atoms. The van der Waals surface area contributed by atoms with Crippen LogP contribution in [0.1, 0.15) is 49.0 Å². The van der Waals surface area contributed by atoms with E-state index in [1.165, 1.54) is 10.5 Å². The number of imidazole rings is 1. The minimum absolute atomic E-state index is 0. The van der Waals surface area contributed by atoms with Crippen molar-refractivity contribution in [2.75, 3.05) is 0 Å². The van der Waals surface area contributed by atoms with E-state index in [9.17, 15) is 0 Å². The summed E-state index contributed by atoms with van der Waals surface area (Å²) in [5.41, 5.74) is 8.14. The van der Waals surface area contributed by atoms with Gasteiger partial charge in [0.25, 0.3) is 0 Å². The van der Waals surface area contributed by atoms with E-state index in [1.54, 1.807) is 12.1 Å². The van der Waals surface area contributed by atoms with Crippen molar-refractivity contribution in [1.82, 2.24) is 19.5 Å². The van der Waals surface area contributed by atoms with Gasteiger partial charge in [-0.15, -0.1) is 18.2 Å². The van der Waals surface area contributed by atoms with E-state index in [0.29, 0.717) is 5.71 Å². The number of para-hydroxylation sites is 2. The Morgan fingerprint density at radius 2 is 1.80 bits per heavy atom. The van der Waals surface area contributed by atoms with Gasteiger partial charge in [0.15, 0.2) is 0 Å². The van der Waals surface area contributed by atoms with Gasteiger partial charge in [-0.1, -0.05) is 23.1 Å². The summed E-state index contributed by atoms with van der Waals surface area (Å²) in [7, 11) is 0. The number of hydrogen-bond donors (Lipinski definition) is 0. The van der Waals surface area contributed by atoms with Crippen LogP contribution in [-0.4, -0.2) is 32.8 Å². The average molecular weight is 850 g/mol. The topological polar surface area (TPSA) is 56.7 Å². The minimum atomic E-state index is -2.14. The van der Waals surface area contributed by atoms with Gasteiger partial charge >= 0.3 is 131 Å². The van der Waals surface area contributed by atoms with Crippen molar-refractivity contribution in [2.45, 2.75) is 64.3 Å². The Morgan fingerprint density at radius 1 is 1.00 bits per heavy atom. The van der Waals surface area contributed by atoms with Crippen LogP contribution in [0.25, 0.3) is 55.7 Å². The molecule has 0 aliphatic carbocycles. The van der Waals surface area contributed by atoms with Crippen molar-refractivity contribution in [3.05, 3.63) is 108 Å². The quantitative estimate of drug-likeness (QED) is 0.128. The van der Waals surface area contributed by atoms with Gasteiger partial charge in [0, 0.05) is 37.7 Å². The van der Waals surface area contributed by atoms with Crippen LogP contribution in [0.2, 0.25) is 17.3 Å². The monoisotopic (exact) mass is 851 g/mol. The van der Waals surface area contributed by atoms with E-state index < -0.39 is 26.0 Å². The van der Waals surface area contributed by atoms with Crippen LogP contribution in [0.15, 0.2) is 83.4 Å². The van der Waals surface area contributed by atoms with Crippen molar-refractivity contribution in [2.24, 2.45) is 0 Å². The number of aromatic nitrogens is 4. The van der Waals surface area contributed by atoms with Crippen LogP contribution in [0.3, 0.4) is 0 Å². The van der Waals surface area contributed by atoms with Gasteiger partial charge in [0.1, 0.15) is 0 Å². The third-order valence-electron chi connectivity index (χ3n) is 7.97. The van der Waals surface area contributed by atoms with Crippen LogP contribution in [0.5, 0.6) is 0 Å². The first-order valence-corrected chi connectivity index (χ1v) is 22.6. The van der Waals surface area contributed by atoms with E-state index in [-0.39, 0.29) is 25.7 Å². The third-order valence-corrected chi connectivity index (χ3v) is 12.2. The Labute approximate surface area is 293 Å². The molecule has 7 heteroatoms. The third kappa shape index (κ3) is 6.62. The summed E-state index contributed by atoms with van der Waals surface area (Å²) in [6.07, 6.45) is 1.91. The van der Waals surface area contributed by atoms with Gasteiger partial charge in [-0.3, -0.25) is 4.98 Å². The normalized spacial score (nSPS) is 13.4. The summed E-state index contributed by atoms with van der Waals surface area (Å²) < 4.78 is 40.4. The van der Waals surface area contributed by atoms with Crippen molar-refractivity contribution < 1.29 is 30.0 Å². The van der Waals surface area contributed by atoms with Crippen molar-refractivity contribution >= 4 is 50.8 Å². The number of fused-ring (bicyclic) bond motifs is 4. The average Bonchev–Trinajstić information content (AvgIpc) is 3.61. The second-order valence-electron chi connectivity index (χ2n) is 12.5. The molecule has 3 aromatic carbocycles. The zero-order chi connectivity index (χ0) is 35.3. The van der Waals surface area contributed by atoms with Crippen molar-refractivity contribution in [1.29, 1.82) is 0 Å². The largest absolute Gasteiger partial charge is 0 e. The Kier molecular flexibility index (Phi) is 8.49. The summed E-state index contributed by atoms with van der Waals surface area (Å²) in [5.74, 6) is 7.06. The number of hydrogen-bond acceptors (Lipinski definition) is 4. The first-order chi connectivity index (χ1) is 23.1. The predicted molar refractivity (Wildman–Crippen MR) is 190 cm³/mol. The molecule has 237 valence electrons. The molecule has 0 fully saturated rings. The van der Waals surface area contributed by atoms with Crippen LogP contribution in [-0.2, 0) is 26.7 Å². The fourth-order valence-corrected chi connectivity index (χ4v) is 8.98. The molecule has 7 aromatic rings. The summed E-state index contributed by atoms with van der Waals surface area (Å²) in [6, 6.07) is 29.4. The van der Waals surface area contributed by atoms with E-state index in [2.05, 4.69) is 63.0 Å². The predicted octanol–water partition coefficient (Wildman–Crippen LogP) is 9.65. The molecule has 0 saturated heterocycles. The second kappa shape index (κ2) is 13.6. The molecular formula is C39H40GeIrN4O-2. The Bertz CT molecular complexity index is 2300. The molecule has 5 nitrogen and oxygen atoms in total. The van der Waals surface area contributed by atoms with E-state index in [0.717, 1.165) is 67.8 Å². The van der Waals surface area contributed by atoms with Crippen molar-refractivity contribution in [3.8, 4) is 22.6 Å². The molecule has 0 saturated carbocycles. The number of furan rings is 1. The molecule has 7 rings (SSSR count). The zero-order valence-electron chi connectivity index (χ0n) is 31.2. The van der Waals surface area contributed by atoms with Crippen LogP contribution in [0.4, 0.5) is 0 Å². The molecular weight excluding hydrogens is 805 g/mol. The molecule has 1 radical (unpaired) electrons. The fraction of sp³-hybridized carbons (Fsp3) is 0.256. The van der Waals surface area contributed by atoms with Gasteiger partial charge in [-0.25, -0.2) is 4.98 Å². The molecule has 0 aliphatic heterocycles. The molecule has 0 amide bonds. The first-order valence-electron chi connectivity index (χ1n) is 17.3. The maximum atomic E-state index is 8.49. The van der Waals surface area contributed by atoms with Gasteiger partial charge in [-0.05, 0) is 38.1 Å². The van der Waals surface area contributed by atoms with Crippen LogP contribution in [0, 0.1) is 25.9 Å². The zero-order valence-corrected chi connectivity index (χ0v) is 31.7. The summed E-state index contributed by atoms with van der Waals surface area (Å²) in [6.45, 7) is 6.59. The van der Waals surface area contributed by atoms with Crippen LogP contribution < -0.4 is 4.40 Å². The van der Waals surface area contributed by atoms with Crippen LogP contribution >= 0.6 is 0 Å². The molecule has 0 atom stereocenters. The molecule has 4 aromatic heterocycles. The molecule has 0 spiro atoms. The molecule has 0 aliphatic rings. The Morgan fingerprint density at radius 3 is 2.50 bits per heavy atom. The molecule has 0 unspecified atom stereocenters. The smallest absolute Gasteiger partial charge is 0 e. The van der Waals surface area contributed by atoms with E-state index in [1.807, 2.05) is 69.4 Å². The molecule has 46 heavy (non-hydrogen) atoms. The van der Waals surface area contributed by atoms with Gasteiger partial charge < -0.3 is 8.98 Å². The molecule has 0 N–H and O–H groups in total. The Balaban J connectivity index is 0.000000191. The number of aryl methyl sites for hydroxylation is 3. The Hall–Kier alpha value is -3.58. The number of nitrogens with zero attached hydrogens (tertiary/aromatic N) is 4. The van der Waals surface area contributed by atoms with Gasteiger partial charge in [0.05, 0.1) is 22.4 Å². The maximum absolute atomic E-state index is 8.49. The SMILES string of the molecule is CCn1c(-c2[c-]ccc3c2oc2nc(C)ccc23)nc2ccccc21.[2H]C([2H])([2H])c1c[c-]c(-c2cc(C([2H])(C)C)[c]([Ge]([CH3])([CH3])[CH3])cn2)cc1.[Ir]. The number of benzene rings is 3. The summed E-state index contributed by atoms with van der Waals surface area (Å²) in [4.78, 5) is 13.9. The van der Waals surface area contributed by atoms with E-state index >= 15 is 0 Å². The van der Waals surface area contributed by atoms with E-state index in [4.69, 9.17) is 14.9 Å². The maximum Gasteiger partial charge on any atom is 0 e. The van der Waals surface area contributed by atoms with Crippen molar-refractivity contribution in [3.63, 3.8) is 0 Å². The van der Waals surface area contributed by atoms with Gasteiger partial charge in [-0.2, -0.15) is 0 Å².